The van der Waals surface area contributed by atoms with Gasteiger partial charge in [0.15, 0.2) is 5.96 Å². The SMILES string of the molecule is COc1cccc(C(=O)NCCN=C(N)N2CCCCC2)c1.I. The normalized spacial score (nSPS) is 14.8. The van der Waals surface area contributed by atoms with Crippen LogP contribution in [0.15, 0.2) is 29.3 Å². The largest absolute Gasteiger partial charge is 0.497 e. The Morgan fingerprint density at radius 3 is 2.78 bits per heavy atom. The smallest absolute Gasteiger partial charge is 0.251 e. The number of methoxy groups -OCH3 is 1. The van der Waals surface area contributed by atoms with Crippen LogP contribution in [-0.4, -0.2) is 50.1 Å². The van der Waals surface area contributed by atoms with E-state index in [-0.39, 0.29) is 29.9 Å². The van der Waals surface area contributed by atoms with Crippen LogP contribution in [0, 0.1) is 0 Å². The molecular weight excluding hydrogens is 407 g/mol. The number of carbonyl (C=O) groups excluding carboxylic acids is 1. The second-order valence-electron chi connectivity index (χ2n) is 5.28. The van der Waals surface area contributed by atoms with Gasteiger partial charge in [-0.05, 0) is 37.5 Å². The number of piperidine rings is 1. The molecule has 0 unspecified atom stereocenters. The van der Waals surface area contributed by atoms with E-state index in [1.54, 1.807) is 31.4 Å². The highest BCUT2D eigenvalue weighted by Gasteiger charge is 2.11. The predicted molar refractivity (Wildman–Crippen MR) is 103 cm³/mol. The molecular formula is C16H25IN4O2. The van der Waals surface area contributed by atoms with Gasteiger partial charge in [-0.15, -0.1) is 24.0 Å². The maximum absolute atomic E-state index is 12.0. The number of hydrogen-bond acceptors (Lipinski definition) is 3. The van der Waals surface area contributed by atoms with Gasteiger partial charge in [-0.25, -0.2) is 0 Å². The summed E-state index contributed by atoms with van der Waals surface area (Å²) in [4.78, 5) is 18.4. The number of nitrogens with zero attached hydrogens (tertiary/aromatic N) is 2. The first-order valence-corrected chi connectivity index (χ1v) is 7.68. The van der Waals surface area contributed by atoms with Gasteiger partial charge in [0, 0.05) is 25.2 Å². The number of likely N-dealkylation sites (tertiary alicyclic amines) is 1. The van der Waals surface area contributed by atoms with Crippen molar-refractivity contribution >= 4 is 35.8 Å². The molecule has 0 bridgehead atoms. The lowest BCUT2D eigenvalue weighted by atomic mass is 10.1. The lowest BCUT2D eigenvalue weighted by molar-refractivity contribution is 0.0954. The van der Waals surface area contributed by atoms with E-state index >= 15 is 0 Å². The standard InChI is InChI=1S/C16H24N4O2.HI/c1-22-14-7-5-6-13(12-14)15(21)18-8-9-19-16(17)20-10-3-2-4-11-20;/h5-7,12H,2-4,8-11H2,1H3,(H2,17,19)(H,18,21);1H. The van der Waals surface area contributed by atoms with E-state index in [2.05, 4.69) is 15.2 Å². The molecule has 2 rings (SSSR count). The Bertz CT molecular complexity index is 531. The second-order valence-corrected chi connectivity index (χ2v) is 5.28. The van der Waals surface area contributed by atoms with E-state index in [1.807, 2.05) is 0 Å². The first-order valence-electron chi connectivity index (χ1n) is 7.68. The summed E-state index contributed by atoms with van der Waals surface area (Å²) < 4.78 is 5.11. The number of guanidine groups is 1. The van der Waals surface area contributed by atoms with Gasteiger partial charge in [0.05, 0.1) is 13.7 Å². The quantitative estimate of drug-likeness (QED) is 0.322. The summed E-state index contributed by atoms with van der Waals surface area (Å²) in [6.07, 6.45) is 3.60. The number of rotatable bonds is 5. The van der Waals surface area contributed by atoms with Crippen LogP contribution in [0.1, 0.15) is 29.6 Å². The van der Waals surface area contributed by atoms with Gasteiger partial charge in [0.2, 0.25) is 0 Å². The minimum atomic E-state index is -0.134. The van der Waals surface area contributed by atoms with Gasteiger partial charge < -0.3 is 20.7 Å². The van der Waals surface area contributed by atoms with Crippen molar-refractivity contribution in [3.05, 3.63) is 29.8 Å². The van der Waals surface area contributed by atoms with Crippen molar-refractivity contribution in [3.63, 3.8) is 0 Å². The molecule has 7 heteroatoms. The highest BCUT2D eigenvalue weighted by Crippen LogP contribution is 2.12. The van der Waals surface area contributed by atoms with Crippen molar-refractivity contribution in [3.8, 4) is 5.75 Å². The Kier molecular flexibility index (Phi) is 8.75. The number of amides is 1. The van der Waals surface area contributed by atoms with E-state index in [4.69, 9.17) is 10.5 Å². The molecule has 1 fully saturated rings. The summed E-state index contributed by atoms with van der Waals surface area (Å²) in [5.41, 5.74) is 6.54. The van der Waals surface area contributed by atoms with E-state index in [9.17, 15) is 4.79 Å². The first kappa shape index (κ1) is 19.5. The highest BCUT2D eigenvalue weighted by molar-refractivity contribution is 14.0. The molecule has 3 N–H and O–H groups in total. The summed E-state index contributed by atoms with van der Waals surface area (Å²) in [6, 6.07) is 7.06. The van der Waals surface area contributed by atoms with E-state index in [1.165, 1.54) is 19.3 Å². The van der Waals surface area contributed by atoms with Gasteiger partial charge in [0.1, 0.15) is 5.75 Å². The van der Waals surface area contributed by atoms with Gasteiger partial charge in [-0.3, -0.25) is 9.79 Å². The summed E-state index contributed by atoms with van der Waals surface area (Å²) in [7, 11) is 1.58. The molecule has 1 heterocycles. The van der Waals surface area contributed by atoms with Crippen LogP contribution < -0.4 is 15.8 Å². The molecule has 1 saturated heterocycles. The zero-order valence-corrected chi connectivity index (χ0v) is 15.8. The van der Waals surface area contributed by atoms with Crippen LogP contribution in [0.3, 0.4) is 0 Å². The van der Waals surface area contributed by atoms with Crippen molar-refractivity contribution < 1.29 is 9.53 Å². The van der Waals surface area contributed by atoms with E-state index in [0.717, 1.165) is 13.1 Å². The number of aliphatic imine (C=N–C) groups is 1. The molecule has 0 aromatic heterocycles. The zero-order chi connectivity index (χ0) is 15.8. The molecule has 1 aliphatic heterocycles. The average Bonchev–Trinajstić information content (AvgIpc) is 2.59. The third-order valence-corrected chi connectivity index (χ3v) is 3.68. The third kappa shape index (κ3) is 6.25. The van der Waals surface area contributed by atoms with E-state index < -0.39 is 0 Å². The average molecular weight is 432 g/mol. The number of hydrogen-bond donors (Lipinski definition) is 2. The maximum Gasteiger partial charge on any atom is 0.251 e. The molecule has 1 amide bonds. The Hall–Kier alpha value is -1.51. The molecule has 0 radical (unpaired) electrons. The Balaban J connectivity index is 0.00000264. The lowest BCUT2D eigenvalue weighted by Gasteiger charge is -2.27. The topological polar surface area (TPSA) is 79.9 Å². The molecule has 23 heavy (non-hydrogen) atoms. The summed E-state index contributed by atoms with van der Waals surface area (Å²) in [5, 5.41) is 2.83. The van der Waals surface area contributed by atoms with Crippen molar-refractivity contribution in [2.24, 2.45) is 10.7 Å². The lowest BCUT2D eigenvalue weighted by Crippen LogP contribution is -2.41. The number of nitrogens with two attached hydrogens (primary N) is 1. The Labute approximate surface area is 154 Å². The maximum atomic E-state index is 12.0. The van der Waals surface area contributed by atoms with Crippen LogP contribution in [0.25, 0.3) is 0 Å². The Morgan fingerprint density at radius 1 is 1.35 bits per heavy atom. The van der Waals surface area contributed by atoms with Crippen molar-refractivity contribution in [1.29, 1.82) is 0 Å². The van der Waals surface area contributed by atoms with Crippen LogP contribution in [-0.2, 0) is 0 Å². The molecule has 1 aromatic carbocycles. The van der Waals surface area contributed by atoms with Crippen LogP contribution in [0.4, 0.5) is 0 Å². The molecule has 0 atom stereocenters. The molecule has 1 aromatic rings. The van der Waals surface area contributed by atoms with Gasteiger partial charge in [0.25, 0.3) is 5.91 Å². The minimum Gasteiger partial charge on any atom is -0.497 e. The number of carbonyl (C=O) groups is 1. The van der Waals surface area contributed by atoms with Crippen LogP contribution in [0.2, 0.25) is 0 Å². The fraction of sp³-hybridized carbons (Fsp3) is 0.500. The molecule has 128 valence electrons. The minimum absolute atomic E-state index is 0. The fourth-order valence-corrected chi connectivity index (χ4v) is 2.43. The van der Waals surface area contributed by atoms with Gasteiger partial charge in [-0.2, -0.15) is 0 Å². The molecule has 6 nitrogen and oxygen atoms in total. The zero-order valence-electron chi connectivity index (χ0n) is 13.5. The molecule has 1 aliphatic rings. The number of nitrogens with one attached hydrogen (secondary N) is 1. The number of benzene rings is 1. The van der Waals surface area contributed by atoms with Gasteiger partial charge >= 0.3 is 0 Å². The second kappa shape index (κ2) is 10.3. The molecule has 0 spiro atoms. The molecule has 0 saturated carbocycles. The Morgan fingerprint density at radius 2 is 2.09 bits per heavy atom. The van der Waals surface area contributed by atoms with Crippen molar-refractivity contribution in [2.45, 2.75) is 19.3 Å². The van der Waals surface area contributed by atoms with E-state index in [0.29, 0.717) is 30.4 Å². The fourth-order valence-electron chi connectivity index (χ4n) is 2.43. The van der Waals surface area contributed by atoms with Crippen molar-refractivity contribution in [2.75, 3.05) is 33.3 Å². The molecule has 0 aliphatic carbocycles. The predicted octanol–water partition coefficient (Wildman–Crippen LogP) is 1.84. The van der Waals surface area contributed by atoms with Crippen LogP contribution in [0.5, 0.6) is 5.75 Å². The first-order chi connectivity index (χ1) is 10.7. The van der Waals surface area contributed by atoms with Crippen molar-refractivity contribution in [1.82, 2.24) is 10.2 Å². The van der Waals surface area contributed by atoms with Crippen LogP contribution >= 0.6 is 24.0 Å². The third-order valence-electron chi connectivity index (χ3n) is 3.68. The number of halogens is 1. The van der Waals surface area contributed by atoms with Gasteiger partial charge in [-0.1, -0.05) is 6.07 Å². The summed E-state index contributed by atoms with van der Waals surface area (Å²) >= 11 is 0. The monoisotopic (exact) mass is 432 g/mol. The number of ether oxygens (including phenoxy) is 1. The summed E-state index contributed by atoms with van der Waals surface area (Å²) in [6.45, 7) is 2.90. The summed E-state index contributed by atoms with van der Waals surface area (Å²) in [5.74, 6) is 1.11. The highest BCUT2D eigenvalue weighted by atomic mass is 127.